The van der Waals surface area contributed by atoms with Crippen LogP contribution in [-0.4, -0.2) is 28.9 Å². The first-order valence-corrected chi connectivity index (χ1v) is 8.78. The highest BCUT2D eigenvalue weighted by Crippen LogP contribution is 2.16. The Hall–Kier alpha value is -1.84. The Morgan fingerprint density at radius 3 is 2.17 bits per heavy atom. The number of rotatable bonds is 8. The number of ether oxygens (including phenoxy) is 1. The van der Waals surface area contributed by atoms with Gasteiger partial charge in [-0.1, -0.05) is 57.0 Å². The third-order valence-corrected chi connectivity index (χ3v) is 3.91. The molecule has 0 unspecified atom stereocenters. The molecular weight excluding hydrogens is 302 g/mol. The lowest BCUT2D eigenvalue weighted by Crippen LogP contribution is -2.39. The van der Waals surface area contributed by atoms with Crippen molar-refractivity contribution in [3.63, 3.8) is 0 Å². The molecule has 4 nitrogen and oxygen atoms in total. The van der Waals surface area contributed by atoms with Gasteiger partial charge in [0.25, 0.3) is 0 Å². The minimum Gasteiger partial charge on any atom is -0.444 e. The number of ketones is 1. The van der Waals surface area contributed by atoms with Crippen LogP contribution in [0.4, 0.5) is 4.79 Å². The van der Waals surface area contributed by atoms with Crippen molar-refractivity contribution in [3.8, 4) is 0 Å². The number of hydrogen-bond acceptors (Lipinski definition) is 3. The van der Waals surface area contributed by atoms with Crippen LogP contribution in [0.1, 0.15) is 59.4 Å². The van der Waals surface area contributed by atoms with Gasteiger partial charge < -0.3 is 4.74 Å². The van der Waals surface area contributed by atoms with E-state index in [1.54, 1.807) is 0 Å². The second-order valence-corrected chi connectivity index (χ2v) is 7.25. The molecule has 0 spiro atoms. The van der Waals surface area contributed by atoms with E-state index in [0.717, 1.165) is 18.4 Å². The maximum atomic E-state index is 12.5. The Morgan fingerprint density at radius 1 is 1.08 bits per heavy atom. The molecule has 1 aromatic carbocycles. The third kappa shape index (κ3) is 7.62. The molecule has 1 amide bonds. The lowest BCUT2D eigenvalue weighted by atomic mass is 9.97. The van der Waals surface area contributed by atoms with Crippen molar-refractivity contribution in [2.24, 2.45) is 5.92 Å². The quantitative estimate of drug-likeness (QED) is 0.685. The average Bonchev–Trinajstić information content (AvgIpc) is 2.51. The van der Waals surface area contributed by atoms with Crippen molar-refractivity contribution >= 4 is 11.9 Å². The molecule has 0 heterocycles. The molecule has 0 aromatic heterocycles. The fourth-order valence-electron chi connectivity index (χ4n) is 2.49. The van der Waals surface area contributed by atoms with Gasteiger partial charge in [-0.3, -0.25) is 9.69 Å². The van der Waals surface area contributed by atoms with Crippen LogP contribution in [0.2, 0.25) is 0 Å². The SMILES string of the molecule is CCC(CC)CC(=O)CN(Cc1ccccc1)C(=O)OC(C)(C)C. The smallest absolute Gasteiger partial charge is 0.410 e. The molecule has 0 aliphatic heterocycles. The van der Waals surface area contributed by atoms with Gasteiger partial charge in [-0.05, 0) is 32.3 Å². The Kier molecular flexibility index (Phi) is 7.96. The molecular formula is C20H31NO3. The number of carbonyl (C=O) groups is 2. The summed E-state index contributed by atoms with van der Waals surface area (Å²) in [5.74, 6) is 0.472. The van der Waals surface area contributed by atoms with E-state index in [2.05, 4.69) is 13.8 Å². The highest BCUT2D eigenvalue weighted by Gasteiger charge is 2.24. The summed E-state index contributed by atoms with van der Waals surface area (Å²) in [5, 5.41) is 0. The molecule has 0 aliphatic carbocycles. The Labute approximate surface area is 146 Å². The van der Waals surface area contributed by atoms with E-state index in [1.807, 2.05) is 51.1 Å². The highest BCUT2D eigenvalue weighted by molar-refractivity contribution is 5.84. The monoisotopic (exact) mass is 333 g/mol. The van der Waals surface area contributed by atoms with Gasteiger partial charge in [-0.2, -0.15) is 0 Å². The lowest BCUT2D eigenvalue weighted by Gasteiger charge is -2.27. The summed E-state index contributed by atoms with van der Waals surface area (Å²) in [7, 11) is 0. The largest absolute Gasteiger partial charge is 0.444 e. The second-order valence-electron chi connectivity index (χ2n) is 7.25. The number of nitrogens with zero attached hydrogens (tertiary/aromatic N) is 1. The van der Waals surface area contributed by atoms with Crippen LogP contribution in [0.3, 0.4) is 0 Å². The van der Waals surface area contributed by atoms with Crippen molar-refractivity contribution in [1.82, 2.24) is 4.90 Å². The predicted molar refractivity (Wildman–Crippen MR) is 96.8 cm³/mol. The molecule has 0 bridgehead atoms. The van der Waals surface area contributed by atoms with Gasteiger partial charge >= 0.3 is 6.09 Å². The van der Waals surface area contributed by atoms with E-state index in [4.69, 9.17) is 4.74 Å². The zero-order valence-corrected chi connectivity index (χ0v) is 15.7. The van der Waals surface area contributed by atoms with Gasteiger partial charge in [0.1, 0.15) is 5.60 Å². The Balaban J connectivity index is 2.80. The number of hydrogen-bond donors (Lipinski definition) is 0. The second kappa shape index (κ2) is 9.45. The van der Waals surface area contributed by atoms with Gasteiger partial charge in [0, 0.05) is 13.0 Å². The summed E-state index contributed by atoms with van der Waals surface area (Å²) < 4.78 is 5.47. The number of amides is 1. The van der Waals surface area contributed by atoms with Crippen LogP contribution in [-0.2, 0) is 16.1 Å². The first-order chi connectivity index (χ1) is 11.2. The Bertz CT molecular complexity index is 515. The van der Waals surface area contributed by atoms with E-state index < -0.39 is 11.7 Å². The summed E-state index contributed by atoms with van der Waals surface area (Å²) in [6, 6.07) is 9.67. The number of Topliss-reactive ketones (excluding diaryl/α,β-unsaturated/α-hetero) is 1. The number of benzene rings is 1. The fourth-order valence-corrected chi connectivity index (χ4v) is 2.49. The molecule has 0 fully saturated rings. The molecule has 0 radical (unpaired) electrons. The molecule has 134 valence electrons. The van der Waals surface area contributed by atoms with Gasteiger partial charge in [0.2, 0.25) is 0 Å². The first-order valence-electron chi connectivity index (χ1n) is 8.78. The van der Waals surface area contributed by atoms with Crippen LogP contribution < -0.4 is 0 Å². The van der Waals surface area contributed by atoms with Gasteiger partial charge in [0.15, 0.2) is 5.78 Å². The summed E-state index contributed by atoms with van der Waals surface area (Å²) in [6.07, 6.45) is 2.03. The van der Waals surface area contributed by atoms with Crippen LogP contribution in [0.25, 0.3) is 0 Å². The van der Waals surface area contributed by atoms with Crippen molar-refractivity contribution < 1.29 is 14.3 Å². The Morgan fingerprint density at radius 2 is 1.67 bits per heavy atom. The molecule has 24 heavy (non-hydrogen) atoms. The average molecular weight is 333 g/mol. The standard InChI is InChI=1S/C20H31NO3/c1-6-16(7-2)13-18(22)15-21(19(23)24-20(3,4)5)14-17-11-9-8-10-12-17/h8-12,16H,6-7,13-15H2,1-5H3. The topological polar surface area (TPSA) is 46.6 Å². The minimum absolute atomic E-state index is 0.0884. The molecule has 0 atom stereocenters. The maximum absolute atomic E-state index is 12.5. The van der Waals surface area contributed by atoms with E-state index in [1.165, 1.54) is 4.90 Å². The van der Waals surface area contributed by atoms with E-state index in [-0.39, 0.29) is 12.3 Å². The minimum atomic E-state index is -0.579. The fraction of sp³-hybridized carbons (Fsp3) is 0.600. The summed E-state index contributed by atoms with van der Waals surface area (Å²) in [4.78, 5) is 26.4. The molecule has 1 rings (SSSR count). The molecule has 0 saturated heterocycles. The third-order valence-electron chi connectivity index (χ3n) is 3.91. The molecule has 0 saturated carbocycles. The summed E-state index contributed by atoms with van der Waals surface area (Å²) >= 11 is 0. The van der Waals surface area contributed by atoms with Crippen molar-refractivity contribution in [2.75, 3.05) is 6.54 Å². The van der Waals surface area contributed by atoms with Gasteiger partial charge in [-0.25, -0.2) is 4.79 Å². The van der Waals surface area contributed by atoms with Crippen LogP contribution in [0, 0.1) is 5.92 Å². The van der Waals surface area contributed by atoms with E-state index in [9.17, 15) is 9.59 Å². The van der Waals surface area contributed by atoms with Gasteiger partial charge in [0.05, 0.1) is 6.54 Å². The van der Waals surface area contributed by atoms with E-state index >= 15 is 0 Å². The maximum Gasteiger partial charge on any atom is 0.410 e. The number of carbonyl (C=O) groups excluding carboxylic acids is 2. The normalized spacial score (nSPS) is 11.4. The lowest BCUT2D eigenvalue weighted by molar-refractivity contribution is -0.121. The van der Waals surface area contributed by atoms with E-state index in [0.29, 0.717) is 18.9 Å². The zero-order valence-electron chi connectivity index (χ0n) is 15.7. The summed E-state index contributed by atoms with van der Waals surface area (Å²) in [6.45, 7) is 10.2. The molecule has 4 heteroatoms. The van der Waals surface area contributed by atoms with Crippen molar-refractivity contribution in [1.29, 1.82) is 0 Å². The zero-order chi connectivity index (χ0) is 18.2. The van der Waals surface area contributed by atoms with Gasteiger partial charge in [-0.15, -0.1) is 0 Å². The molecule has 0 aliphatic rings. The predicted octanol–water partition coefficient (Wildman–Crippen LogP) is 4.82. The van der Waals surface area contributed by atoms with Crippen LogP contribution in [0.15, 0.2) is 30.3 Å². The summed E-state index contributed by atoms with van der Waals surface area (Å²) in [5.41, 5.74) is 0.406. The molecule has 1 aromatic rings. The van der Waals surface area contributed by atoms with Crippen molar-refractivity contribution in [3.05, 3.63) is 35.9 Å². The van der Waals surface area contributed by atoms with Crippen LogP contribution >= 0.6 is 0 Å². The van der Waals surface area contributed by atoms with Crippen molar-refractivity contribution in [2.45, 2.75) is 66.0 Å². The first kappa shape index (κ1) is 20.2. The van der Waals surface area contributed by atoms with Crippen LogP contribution in [0.5, 0.6) is 0 Å². The highest BCUT2D eigenvalue weighted by atomic mass is 16.6. The molecule has 0 N–H and O–H groups in total.